The fourth-order valence-corrected chi connectivity index (χ4v) is 3.82. The highest BCUT2D eigenvalue weighted by atomic mass is 16.5. The molecule has 1 heterocycles. The predicted octanol–water partition coefficient (Wildman–Crippen LogP) is 4.16. The Morgan fingerprint density at radius 3 is 2.34 bits per heavy atom. The van der Waals surface area contributed by atoms with Gasteiger partial charge in [-0.25, -0.2) is 0 Å². The predicted molar refractivity (Wildman–Crippen MR) is 115 cm³/mol. The smallest absolute Gasteiger partial charge is 0.120 e. The first-order valence-corrected chi connectivity index (χ1v) is 10.1. The minimum atomic E-state index is -0.527. The molecule has 29 heavy (non-hydrogen) atoms. The van der Waals surface area contributed by atoms with Crippen molar-refractivity contribution in [2.75, 3.05) is 26.8 Å². The van der Waals surface area contributed by atoms with Crippen LogP contribution in [0.2, 0.25) is 0 Å². The molecule has 0 radical (unpaired) electrons. The third-order valence-corrected chi connectivity index (χ3v) is 5.36. The first-order chi connectivity index (χ1) is 14.2. The van der Waals surface area contributed by atoms with Crippen molar-refractivity contribution in [1.29, 1.82) is 0 Å². The molecule has 0 aliphatic carbocycles. The molecule has 0 amide bonds. The van der Waals surface area contributed by atoms with Gasteiger partial charge in [-0.1, -0.05) is 48.5 Å². The monoisotopic (exact) mass is 389 g/mol. The van der Waals surface area contributed by atoms with Crippen molar-refractivity contribution in [3.63, 3.8) is 0 Å². The summed E-state index contributed by atoms with van der Waals surface area (Å²) in [5.41, 5.74) is 4.91. The molecule has 150 valence electrons. The van der Waals surface area contributed by atoms with Crippen LogP contribution in [0.15, 0.2) is 72.8 Å². The summed E-state index contributed by atoms with van der Waals surface area (Å²) in [5, 5.41) is 10.5. The van der Waals surface area contributed by atoms with Gasteiger partial charge in [0.05, 0.1) is 7.11 Å². The average Bonchev–Trinajstić information content (AvgIpc) is 2.78. The molecule has 4 nitrogen and oxygen atoms in total. The Labute approximate surface area is 172 Å². The highest BCUT2D eigenvalue weighted by molar-refractivity contribution is 5.66. The first kappa shape index (κ1) is 19.5. The van der Waals surface area contributed by atoms with E-state index in [0.29, 0.717) is 6.54 Å². The second-order valence-corrected chi connectivity index (χ2v) is 7.48. The molecule has 0 saturated heterocycles. The number of nitrogens with zero attached hydrogens (tertiary/aromatic N) is 1. The maximum atomic E-state index is 10.5. The highest BCUT2D eigenvalue weighted by Crippen LogP contribution is 2.27. The van der Waals surface area contributed by atoms with Gasteiger partial charge < -0.3 is 14.6 Å². The van der Waals surface area contributed by atoms with E-state index in [4.69, 9.17) is 9.47 Å². The van der Waals surface area contributed by atoms with Crippen molar-refractivity contribution in [2.24, 2.45) is 0 Å². The summed E-state index contributed by atoms with van der Waals surface area (Å²) in [6.45, 7) is 2.75. The van der Waals surface area contributed by atoms with Gasteiger partial charge >= 0.3 is 0 Å². The van der Waals surface area contributed by atoms with Crippen molar-refractivity contribution in [3.8, 4) is 22.6 Å². The fraction of sp³-hybridized carbons (Fsp3) is 0.280. The van der Waals surface area contributed by atoms with Gasteiger partial charge in [0.15, 0.2) is 0 Å². The number of hydrogen-bond donors (Lipinski definition) is 1. The summed E-state index contributed by atoms with van der Waals surface area (Å²) in [6, 6.07) is 24.4. The summed E-state index contributed by atoms with van der Waals surface area (Å²) in [7, 11) is 1.67. The van der Waals surface area contributed by atoms with Crippen molar-refractivity contribution >= 4 is 0 Å². The maximum Gasteiger partial charge on any atom is 0.120 e. The molecule has 0 fully saturated rings. The number of benzene rings is 3. The Morgan fingerprint density at radius 2 is 1.59 bits per heavy atom. The third kappa shape index (κ3) is 4.97. The van der Waals surface area contributed by atoms with E-state index in [-0.39, 0.29) is 6.61 Å². The third-order valence-electron chi connectivity index (χ3n) is 5.36. The van der Waals surface area contributed by atoms with Gasteiger partial charge in [-0.3, -0.25) is 4.90 Å². The standard InChI is InChI=1S/C25H27NO3/c1-28-24-10-4-8-20(14-24)21-9-5-11-25(15-21)29-18-23(27)17-26-13-12-19-6-2-3-7-22(19)16-26/h2-11,14-15,23,27H,12-13,16-18H2,1H3. The molecule has 0 bridgehead atoms. The van der Waals surface area contributed by atoms with E-state index in [1.54, 1.807) is 7.11 Å². The van der Waals surface area contributed by atoms with E-state index in [0.717, 1.165) is 42.1 Å². The van der Waals surface area contributed by atoms with Crippen molar-refractivity contribution < 1.29 is 14.6 Å². The highest BCUT2D eigenvalue weighted by Gasteiger charge is 2.18. The van der Waals surface area contributed by atoms with Crippen molar-refractivity contribution in [1.82, 2.24) is 4.90 Å². The minimum Gasteiger partial charge on any atom is -0.497 e. The van der Waals surface area contributed by atoms with E-state index in [1.807, 2.05) is 48.5 Å². The number of rotatable bonds is 7. The zero-order valence-electron chi connectivity index (χ0n) is 16.8. The number of β-amino-alcohol motifs (C(OH)–C–C–N with tert-alkyl or cyclic N) is 1. The van der Waals surface area contributed by atoms with Crippen LogP contribution in [0.3, 0.4) is 0 Å². The normalized spacial score (nSPS) is 14.8. The van der Waals surface area contributed by atoms with Gasteiger partial charge in [-0.2, -0.15) is 0 Å². The summed E-state index contributed by atoms with van der Waals surface area (Å²) >= 11 is 0. The molecular weight excluding hydrogens is 362 g/mol. The minimum absolute atomic E-state index is 0.277. The fourth-order valence-electron chi connectivity index (χ4n) is 3.82. The number of fused-ring (bicyclic) bond motifs is 1. The summed E-state index contributed by atoms with van der Waals surface area (Å²) < 4.78 is 11.2. The lowest BCUT2D eigenvalue weighted by Gasteiger charge is -2.30. The summed E-state index contributed by atoms with van der Waals surface area (Å²) in [4.78, 5) is 2.29. The molecule has 3 aromatic rings. The largest absolute Gasteiger partial charge is 0.497 e. The quantitative estimate of drug-likeness (QED) is 0.659. The molecule has 0 spiro atoms. The molecule has 1 aliphatic rings. The molecule has 1 atom stereocenters. The van der Waals surface area contributed by atoms with Gasteiger partial charge in [-0.05, 0) is 52.9 Å². The molecular formula is C25H27NO3. The van der Waals surface area contributed by atoms with Crippen LogP contribution in [-0.2, 0) is 13.0 Å². The number of ether oxygens (including phenoxy) is 2. The molecule has 4 heteroatoms. The van der Waals surface area contributed by atoms with Crippen LogP contribution in [0.5, 0.6) is 11.5 Å². The van der Waals surface area contributed by atoms with Crippen LogP contribution >= 0.6 is 0 Å². The molecule has 1 aliphatic heterocycles. The van der Waals surface area contributed by atoms with Crippen molar-refractivity contribution in [2.45, 2.75) is 19.1 Å². The SMILES string of the molecule is COc1cccc(-c2cccc(OCC(O)CN3CCc4ccccc4C3)c2)c1. The Hall–Kier alpha value is -2.82. The van der Waals surface area contributed by atoms with Gasteiger partial charge in [0.25, 0.3) is 0 Å². The van der Waals surface area contributed by atoms with Crippen LogP contribution in [0.1, 0.15) is 11.1 Å². The Balaban J connectivity index is 1.33. The maximum absolute atomic E-state index is 10.5. The Bertz CT molecular complexity index is 956. The molecule has 0 aromatic heterocycles. The van der Waals surface area contributed by atoms with Crippen LogP contribution in [0.4, 0.5) is 0 Å². The average molecular weight is 389 g/mol. The Kier molecular flexibility index (Phi) is 6.13. The lowest BCUT2D eigenvalue weighted by Crippen LogP contribution is -2.38. The zero-order valence-corrected chi connectivity index (χ0v) is 16.8. The van der Waals surface area contributed by atoms with Crippen LogP contribution in [0.25, 0.3) is 11.1 Å². The second kappa shape index (κ2) is 9.12. The lowest BCUT2D eigenvalue weighted by molar-refractivity contribution is 0.0638. The van der Waals surface area contributed by atoms with E-state index in [9.17, 15) is 5.11 Å². The number of hydrogen-bond acceptors (Lipinski definition) is 4. The Morgan fingerprint density at radius 1 is 0.897 bits per heavy atom. The van der Waals surface area contributed by atoms with Crippen LogP contribution < -0.4 is 9.47 Å². The number of methoxy groups -OCH3 is 1. The number of aliphatic hydroxyl groups excluding tert-OH is 1. The van der Waals surface area contributed by atoms with Gasteiger partial charge in [0.1, 0.15) is 24.2 Å². The molecule has 3 aromatic carbocycles. The first-order valence-electron chi connectivity index (χ1n) is 10.1. The molecule has 0 saturated carbocycles. The van der Waals surface area contributed by atoms with E-state index in [1.165, 1.54) is 11.1 Å². The second-order valence-electron chi connectivity index (χ2n) is 7.48. The van der Waals surface area contributed by atoms with Crippen LogP contribution in [0, 0.1) is 0 Å². The molecule has 1 N–H and O–H groups in total. The van der Waals surface area contributed by atoms with E-state index < -0.39 is 6.10 Å². The number of aliphatic hydroxyl groups is 1. The van der Waals surface area contributed by atoms with E-state index >= 15 is 0 Å². The van der Waals surface area contributed by atoms with Gasteiger partial charge in [-0.15, -0.1) is 0 Å². The zero-order chi connectivity index (χ0) is 20.1. The van der Waals surface area contributed by atoms with Crippen molar-refractivity contribution in [3.05, 3.63) is 83.9 Å². The topological polar surface area (TPSA) is 41.9 Å². The van der Waals surface area contributed by atoms with E-state index in [2.05, 4.69) is 29.2 Å². The van der Waals surface area contributed by atoms with Gasteiger partial charge in [0, 0.05) is 19.6 Å². The van der Waals surface area contributed by atoms with Gasteiger partial charge in [0.2, 0.25) is 0 Å². The summed E-state index contributed by atoms with van der Waals surface area (Å²) in [5.74, 6) is 1.58. The lowest BCUT2D eigenvalue weighted by atomic mass is 10.00. The summed E-state index contributed by atoms with van der Waals surface area (Å²) in [6.07, 6.45) is 0.507. The van der Waals surface area contributed by atoms with Crippen LogP contribution in [-0.4, -0.2) is 42.9 Å². The molecule has 1 unspecified atom stereocenters. The molecule has 4 rings (SSSR count).